The van der Waals surface area contributed by atoms with Gasteiger partial charge < -0.3 is 14.8 Å². The molecular formula is C19H17FN4O3. The van der Waals surface area contributed by atoms with Gasteiger partial charge in [0.1, 0.15) is 5.82 Å². The van der Waals surface area contributed by atoms with E-state index in [0.29, 0.717) is 25.2 Å². The second-order valence-corrected chi connectivity index (χ2v) is 6.55. The number of nitro benzene ring substituents is 1. The lowest BCUT2D eigenvalue weighted by Crippen LogP contribution is -2.39. The van der Waals surface area contributed by atoms with Crippen molar-refractivity contribution in [2.24, 2.45) is 7.05 Å². The van der Waals surface area contributed by atoms with Gasteiger partial charge in [-0.05, 0) is 30.3 Å². The van der Waals surface area contributed by atoms with Crippen LogP contribution in [0.3, 0.4) is 0 Å². The maximum Gasteiger partial charge on any atom is 0.322 e. The number of non-ortho nitro benzene ring substituents is 1. The van der Waals surface area contributed by atoms with Crippen molar-refractivity contribution < 1.29 is 14.1 Å². The van der Waals surface area contributed by atoms with Crippen LogP contribution >= 0.6 is 0 Å². The summed E-state index contributed by atoms with van der Waals surface area (Å²) in [6.45, 7) is 0.924. The molecule has 138 valence electrons. The van der Waals surface area contributed by atoms with Gasteiger partial charge in [0.05, 0.1) is 4.92 Å². The van der Waals surface area contributed by atoms with E-state index in [1.54, 1.807) is 11.0 Å². The highest BCUT2D eigenvalue weighted by atomic mass is 19.1. The Labute approximate surface area is 154 Å². The fourth-order valence-electron chi connectivity index (χ4n) is 3.59. The van der Waals surface area contributed by atoms with Gasteiger partial charge in [0.25, 0.3) is 5.69 Å². The number of hydrogen-bond acceptors (Lipinski definition) is 3. The second-order valence-electron chi connectivity index (χ2n) is 6.55. The van der Waals surface area contributed by atoms with E-state index >= 15 is 0 Å². The molecule has 0 fully saturated rings. The quantitative estimate of drug-likeness (QED) is 0.552. The number of rotatable bonds is 2. The van der Waals surface area contributed by atoms with Crippen molar-refractivity contribution in [3.8, 4) is 0 Å². The van der Waals surface area contributed by atoms with E-state index in [4.69, 9.17) is 0 Å². The number of nitro groups is 1. The van der Waals surface area contributed by atoms with E-state index in [0.717, 1.165) is 22.2 Å². The van der Waals surface area contributed by atoms with Gasteiger partial charge in [-0.15, -0.1) is 0 Å². The van der Waals surface area contributed by atoms with Crippen LogP contribution in [0.15, 0.2) is 42.5 Å². The highest BCUT2D eigenvalue weighted by Crippen LogP contribution is 2.31. The number of urea groups is 1. The molecular weight excluding hydrogens is 351 g/mol. The fraction of sp³-hybridized carbons (Fsp3) is 0.211. The van der Waals surface area contributed by atoms with Gasteiger partial charge in [-0.1, -0.05) is 0 Å². The summed E-state index contributed by atoms with van der Waals surface area (Å²) in [6.07, 6.45) is 0.676. The van der Waals surface area contributed by atoms with Crippen molar-refractivity contribution in [1.29, 1.82) is 0 Å². The minimum Gasteiger partial charge on any atom is -0.347 e. The Morgan fingerprint density at radius 3 is 2.67 bits per heavy atom. The van der Waals surface area contributed by atoms with Crippen LogP contribution < -0.4 is 5.32 Å². The maximum absolute atomic E-state index is 13.7. The van der Waals surface area contributed by atoms with E-state index in [2.05, 4.69) is 9.88 Å². The molecule has 1 aliphatic heterocycles. The third-order valence-corrected chi connectivity index (χ3v) is 4.98. The van der Waals surface area contributed by atoms with Gasteiger partial charge in [-0.3, -0.25) is 10.1 Å². The number of amides is 2. The molecule has 0 saturated carbocycles. The molecule has 0 unspecified atom stereocenters. The van der Waals surface area contributed by atoms with Crippen LogP contribution in [0, 0.1) is 15.9 Å². The zero-order chi connectivity index (χ0) is 19.1. The van der Waals surface area contributed by atoms with Crippen LogP contribution in [0.4, 0.5) is 20.6 Å². The molecule has 0 spiro atoms. The highest BCUT2D eigenvalue weighted by molar-refractivity contribution is 5.91. The number of halogens is 1. The first-order chi connectivity index (χ1) is 12.9. The number of carbonyl (C=O) groups is 1. The smallest absolute Gasteiger partial charge is 0.322 e. The Kier molecular flexibility index (Phi) is 4.02. The van der Waals surface area contributed by atoms with Crippen LogP contribution in [0.5, 0.6) is 0 Å². The van der Waals surface area contributed by atoms with Crippen molar-refractivity contribution >= 4 is 28.3 Å². The molecule has 8 heteroatoms. The highest BCUT2D eigenvalue weighted by Gasteiger charge is 2.26. The zero-order valence-electron chi connectivity index (χ0n) is 14.6. The van der Waals surface area contributed by atoms with Gasteiger partial charge in [0, 0.05) is 66.5 Å². The van der Waals surface area contributed by atoms with Crippen LogP contribution in [0.2, 0.25) is 0 Å². The standard InChI is InChI=1S/C19H17FN4O3/c1-22-17-7-2-12(20)10-15(17)16-11-23(9-8-18(16)22)19(25)21-13-3-5-14(6-4-13)24(26)27/h2-7,10H,8-9,11H2,1H3,(H,21,25). The molecule has 0 bridgehead atoms. The number of nitrogens with one attached hydrogen (secondary N) is 1. The summed E-state index contributed by atoms with van der Waals surface area (Å²) >= 11 is 0. The molecule has 0 saturated heterocycles. The van der Waals surface area contributed by atoms with E-state index in [-0.39, 0.29) is 17.5 Å². The van der Waals surface area contributed by atoms with Gasteiger partial charge in [-0.25, -0.2) is 9.18 Å². The molecule has 7 nitrogen and oxygen atoms in total. The molecule has 0 radical (unpaired) electrons. The maximum atomic E-state index is 13.7. The number of benzene rings is 2. The first-order valence-corrected chi connectivity index (χ1v) is 8.50. The Bertz CT molecular complexity index is 1060. The Morgan fingerprint density at radius 2 is 1.96 bits per heavy atom. The summed E-state index contributed by atoms with van der Waals surface area (Å²) in [5, 5.41) is 14.3. The molecule has 4 rings (SSSR count). The van der Waals surface area contributed by atoms with E-state index < -0.39 is 4.92 Å². The molecule has 1 aromatic heterocycles. The lowest BCUT2D eigenvalue weighted by Gasteiger charge is -2.28. The van der Waals surface area contributed by atoms with E-state index in [9.17, 15) is 19.3 Å². The summed E-state index contributed by atoms with van der Waals surface area (Å²) in [6, 6.07) is 10.1. The lowest BCUT2D eigenvalue weighted by atomic mass is 10.0. The number of nitrogens with zero attached hydrogens (tertiary/aromatic N) is 3. The number of aromatic nitrogens is 1. The number of hydrogen-bond donors (Lipinski definition) is 1. The number of carbonyl (C=O) groups excluding carboxylic acids is 1. The van der Waals surface area contributed by atoms with Crippen molar-refractivity contribution in [2.45, 2.75) is 13.0 Å². The van der Waals surface area contributed by atoms with Gasteiger partial charge in [0.2, 0.25) is 0 Å². The van der Waals surface area contributed by atoms with Crippen molar-refractivity contribution in [3.63, 3.8) is 0 Å². The summed E-state index contributed by atoms with van der Waals surface area (Å²) < 4.78 is 15.7. The largest absolute Gasteiger partial charge is 0.347 e. The average molecular weight is 368 g/mol. The van der Waals surface area contributed by atoms with E-state index in [1.807, 2.05) is 7.05 Å². The van der Waals surface area contributed by atoms with Crippen LogP contribution in [0.25, 0.3) is 10.9 Å². The molecule has 0 atom stereocenters. The van der Waals surface area contributed by atoms with Crippen LogP contribution in [0.1, 0.15) is 11.3 Å². The minimum absolute atomic E-state index is 0.0339. The Hall–Kier alpha value is -3.42. The molecule has 2 heterocycles. The normalized spacial score (nSPS) is 13.5. The first kappa shape index (κ1) is 17.0. The number of anilines is 1. The summed E-state index contributed by atoms with van der Waals surface area (Å²) in [7, 11) is 1.95. The lowest BCUT2D eigenvalue weighted by molar-refractivity contribution is -0.384. The topological polar surface area (TPSA) is 80.4 Å². The number of fused-ring (bicyclic) bond motifs is 3. The Balaban J connectivity index is 1.56. The minimum atomic E-state index is -0.489. The van der Waals surface area contributed by atoms with Crippen LogP contribution in [-0.4, -0.2) is 27.0 Å². The average Bonchev–Trinajstić information content (AvgIpc) is 2.93. The molecule has 1 aliphatic rings. The van der Waals surface area contributed by atoms with Crippen molar-refractivity contribution in [3.05, 3.63) is 69.7 Å². The molecule has 3 aromatic rings. The van der Waals surface area contributed by atoms with Gasteiger partial charge >= 0.3 is 6.03 Å². The first-order valence-electron chi connectivity index (χ1n) is 8.50. The summed E-state index contributed by atoms with van der Waals surface area (Å²) in [4.78, 5) is 24.5. The molecule has 0 aliphatic carbocycles. The summed E-state index contributed by atoms with van der Waals surface area (Å²) in [5.41, 5.74) is 3.46. The van der Waals surface area contributed by atoms with E-state index in [1.165, 1.54) is 36.4 Å². The Morgan fingerprint density at radius 1 is 1.22 bits per heavy atom. The SMILES string of the molecule is Cn1c2c(c3cc(F)ccc31)CN(C(=O)Nc1ccc([N+](=O)[O-])cc1)CC2. The van der Waals surface area contributed by atoms with Crippen molar-refractivity contribution in [1.82, 2.24) is 9.47 Å². The van der Waals surface area contributed by atoms with Crippen molar-refractivity contribution in [2.75, 3.05) is 11.9 Å². The second kappa shape index (κ2) is 6.39. The zero-order valence-corrected chi connectivity index (χ0v) is 14.6. The molecule has 2 aromatic carbocycles. The third kappa shape index (κ3) is 2.99. The van der Waals surface area contributed by atoms with Gasteiger partial charge in [0.15, 0.2) is 0 Å². The molecule has 2 amide bonds. The fourth-order valence-corrected chi connectivity index (χ4v) is 3.59. The predicted octanol–water partition coefficient (Wildman–Crippen LogP) is 3.82. The summed E-state index contributed by atoms with van der Waals surface area (Å²) in [5.74, 6) is -0.302. The van der Waals surface area contributed by atoms with Gasteiger partial charge in [-0.2, -0.15) is 0 Å². The molecule has 1 N–H and O–H groups in total. The van der Waals surface area contributed by atoms with Crippen LogP contribution in [-0.2, 0) is 20.0 Å². The molecule has 27 heavy (non-hydrogen) atoms. The third-order valence-electron chi connectivity index (χ3n) is 4.98. The monoisotopic (exact) mass is 368 g/mol. The number of aryl methyl sites for hydroxylation is 1. The predicted molar refractivity (Wildman–Crippen MR) is 99.1 cm³/mol.